The van der Waals surface area contributed by atoms with Crippen LogP contribution in [0, 0.1) is 11.8 Å². The Morgan fingerprint density at radius 1 is 1.17 bits per heavy atom. The third-order valence-corrected chi connectivity index (χ3v) is 3.93. The molecule has 0 aromatic rings. The van der Waals surface area contributed by atoms with Gasteiger partial charge in [0.15, 0.2) is 0 Å². The van der Waals surface area contributed by atoms with Gasteiger partial charge in [-0.05, 0) is 18.3 Å². The summed E-state index contributed by atoms with van der Waals surface area (Å²) >= 11 is 0. The van der Waals surface area contributed by atoms with E-state index in [-0.39, 0.29) is 0 Å². The van der Waals surface area contributed by atoms with Gasteiger partial charge in [0.05, 0.1) is 6.61 Å². The molecule has 0 saturated carbocycles. The highest BCUT2D eigenvalue weighted by Gasteiger charge is 2.30. The molecule has 18 heavy (non-hydrogen) atoms. The van der Waals surface area contributed by atoms with E-state index in [1.54, 1.807) is 0 Å². The molecule has 1 fully saturated rings. The molecule has 0 bridgehead atoms. The van der Waals surface area contributed by atoms with Gasteiger partial charge >= 0.3 is 0 Å². The third-order valence-electron chi connectivity index (χ3n) is 3.93. The largest absolute Gasteiger partial charge is 0.380 e. The van der Waals surface area contributed by atoms with Crippen LogP contribution in [-0.4, -0.2) is 49.8 Å². The Bertz CT molecular complexity index is 219. The van der Waals surface area contributed by atoms with E-state index in [1.165, 1.54) is 0 Å². The van der Waals surface area contributed by atoms with E-state index in [2.05, 4.69) is 44.8 Å². The van der Waals surface area contributed by atoms with Crippen molar-refractivity contribution in [1.29, 1.82) is 0 Å². The van der Waals surface area contributed by atoms with Crippen molar-refractivity contribution < 1.29 is 4.74 Å². The molecule has 2 atom stereocenters. The van der Waals surface area contributed by atoms with Gasteiger partial charge in [0, 0.05) is 38.3 Å². The van der Waals surface area contributed by atoms with Crippen LogP contribution < -0.4 is 5.32 Å². The Hall–Kier alpha value is -0.120. The van der Waals surface area contributed by atoms with E-state index in [9.17, 15) is 0 Å². The molecule has 1 aliphatic rings. The van der Waals surface area contributed by atoms with E-state index in [4.69, 9.17) is 4.74 Å². The minimum atomic E-state index is 0.631. The fraction of sp³-hybridized carbons (Fsp3) is 1.00. The molecule has 1 aliphatic heterocycles. The lowest BCUT2D eigenvalue weighted by Gasteiger charge is -2.43. The van der Waals surface area contributed by atoms with E-state index in [0.29, 0.717) is 23.9 Å². The molecule has 3 heteroatoms. The first-order valence-corrected chi connectivity index (χ1v) is 7.61. The van der Waals surface area contributed by atoms with Crippen LogP contribution in [0.4, 0.5) is 0 Å². The van der Waals surface area contributed by atoms with Crippen molar-refractivity contribution in [3.8, 4) is 0 Å². The maximum absolute atomic E-state index is 5.65. The molecule has 0 aromatic heterocycles. The van der Waals surface area contributed by atoms with Gasteiger partial charge < -0.3 is 10.1 Å². The van der Waals surface area contributed by atoms with Gasteiger partial charge in [-0.1, -0.05) is 34.6 Å². The first kappa shape index (κ1) is 15.9. The molecule has 1 heterocycles. The van der Waals surface area contributed by atoms with Gasteiger partial charge in [0.1, 0.15) is 0 Å². The highest BCUT2D eigenvalue weighted by molar-refractivity contribution is 4.88. The van der Waals surface area contributed by atoms with Crippen molar-refractivity contribution in [3.05, 3.63) is 0 Å². The van der Waals surface area contributed by atoms with Crippen LogP contribution in [0.1, 0.15) is 41.0 Å². The summed E-state index contributed by atoms with van der Waals surface area (Å²) in [6.45, 7) is 16.5. The number of nitrogens with one attached hydrogen (secondary N) is 1. The minimum absolute atomic E-state index is 0.631. The second-order valence-electron chi connectivity index (χ2n) is 6.18. The quantitative estimate of drug-likeness (QED) is 0.708. The second kappa shape index (κ2) is 8.13. The molecular formula is C15H32N2O. The highest BCUT2D eigenvalue weighted by Crippen LogP contribution is 2.17. The van der Waals surface area contributed by atoms with Gasteiger partial charge in [-0.25, -0.2) is 0 Å². The molecule has 3 nitrogen and oxygen atoms in total. The van der Waals surface area contributed by atoms with Crippen molar-refractivity contribution in [2.24, 2.45) is 11.8 Å². The lowest BCUT2D eigenvalue weighted by atomic mass is 9.94. The molecule has 1 rings (SSSR count). The molecule has 0 aliphatic carbocycles. The van der Waals surface area contributed by atoms with Gasteiger partial charge in [-0.3, -0.25) is 4.90 Å². The molecule has 1 saturated heterocycles. The van der Waals surface area contributed by atoms with Gasteiger partial charge in [0.25, 0.3) is 0 Å². The monoisotopic (exact) mass is 256 g/mol. The summed E-state index contributed by atoms with van der Waals surface area (Å²) in [4.78, 5) is 2.63. The van der Waals surface area contributed by atoms with Gasteiger partial charge in [-0.2, -0.15) is 0 Å². The maximum Gasteiger partial charge on any atom is 0.0593 e. The molecular weight excluding hydrogens is 224 g/mol. The number of hydrogen-bond donors (Lipinski definition) is 1. The summed E-state index contributed by atoms with van der Waals surface area (Å²) in [7, 11) is 0. The normalized spacial score (nSPS) is 26.2. The first-order chi connectivity index (χ1) is 8.56. The van der Waals surface area contributed by atoms with E-state index >= 15 is 0 Å². The fourth-order valence-electron chi connectivity index (χ4n) is 2.64. The van der Waals surface area contributed by atoms with Crippen molar-refractivity contribution in [2.45, 2.75) is 53.1 Å². The van der Waals surface area contributed by atoms with Gasteiger partial charge in [-0.15, -0.1) is 0 Å². The van der Waals surface area contributed by atoms with Crippen LogP contribution in [0.5, 0.6) is 0 Å². The Balaban J connectivity index is 2.44. The number of rotatable bonds is 7. The Labute approximate surface area is 113 Å². The van der Waals surface area contributed by atoms with Crippen LogP contribution in [0.15, 0.2) is 0 Å². The van der Waals surface area contributed by atoms with E-state index in [1.807, 2.05) is 0 Å². The smallest absolute Gasteiger partial charge is 0.0593 e. The van der Waals surface area contributed by atoms with Crippen molar-refractivity contribution >= 4 is 0 Å². The predicted molar refractivity (Wildman–Crippen MR) is 77.9 cm³/mol. The van der Waals surface area contributed by atoms with Crippen LogP contribution in [0.25, 0.3) is 0 Å². The molecule has 1 N–H and O–H groups in total. The summed E-state index contributed by atoms with van der Waals surface area (Å²) < 4.78 is 5.65. The summed E-state index contributed by atoms with van der Waals surface area (Å²) in [6.07, 6.45) is 1.11. The Morgan fingerprint density at radius 2 is 1.89 bits per heavy atom. The van der Waals surface area contributed by atoms with Crippen LogP contribution in [-0.2, 0) is 4.74 Å². The highest BCUT2D eigenvalue weighted by atomic mass is 16.5. The summed E-state index contributed by atoms with van der Waals surface area (Å²) in [5.74, 6) is 1.41. The zero-order valence-electron chi connectivity index (χ0n) is 12.9. The molecule has 0 amide bonds. The topological polar surface area (TPSA) is 24.5 Å². The van der Waals surface area contributed by atoms with Crippen molar-refractivity contribution in [1.82, 2.24) is 10.2 Å². The molecule has 108 valence electrons. The third kappa shape index (κ3) is 4.87. The Kier molecular flexibility index (Phi) is 7.20. The average molecular weight is 256 g/mol. The van der Waals surface area contributed by atoms with Crippen LogP contribution in [0.2, 0.25) is 0 Å². The number of ether oxygens (including phenoxy) is 1. The van der Waals surface area contributed by atoms with Crippen LogP contribution in [0.3, 0.4) is 0 Å². The fourth-order valence-corrected chi connectivity index (χ4v) is 2.64. The summed E-state index contributed by atoms with van der Waals surface area (Å²) in [5, 5.41) is 3.70. The molecule has 0 aromatic carbocycles. The second-order valence-corrected chi connectivity index (χ2v) is 6.18. The SMILES string of the molecule is CCCOCCN1CC(C(C)C)NCC1C(C)C. The lowest BCUT2D eigenvalue weighted by molar-refractivity contribution is 0.0438. The standard InChI is InChI=1S/C15H32N2O/c1-6-8-18-9-7-17-11-14(12(2)3)16-10-15(17)13(4)5/h12-16H,6-11H2,1-5H3. The summed E-state index contributed by atoms with van der Waals surface area (Å²) in [5.41, 5.74) is 0. The Morgan fingerprint density at radius 3 is 2.44 bits per heavy atom. The van der Waals surface area contributed by atoms with E-state index < -0.39 is 0 Å². The average Bonchev–Trinajstić information content (AvgIpc) is 2.34. The van der Waals surface area contributed by atoms with Crippen molar-refractivity contribution in [3.63, 3.8) is 0 Å². The zero-order chi connectivity index (χ0) is 13.5. The molecule has 2 unspecified atom stereocenters. The number of piperazine rings is 1. The maximum atomic E-state index is 5.65. The molecule has 0 radical (unpaired) electrons. The lowest BCUT2D eigenvalue weighted by Crippen LogP contribution is -2.60. The predicted octanol–water partition coefficient (Wildman–Crippen LogP) is 2.37. The summed E-state index contributed by atoms with van der Waals surface area (Å²) in [6, 6.07) is 1.29. The van der Waals surface area contributed by atoms with Gasteiger partial charge in [0.2, 0.25) is 0 Å². The minimum Gasteiger partial charge on any atom is -0.380 e. The van der Waals surface area contributed by atoms with Crippen LogP contribution >= 0.6 is 0 Å². The number of hydrogen-bond acceptors (Lipinski definition) is 3. The first-order valence-electron chi connectivity index (χ1n) is 7.61. The molecule has 0 spiro atoms. The van der Waals surface area contributed by atoms with Crippen molar-refractivity contribution in [2.75, 3.05) is 32.8 Å². The van der Waals surface area contributed by atoms with E-state index in [0.717, 1.165) is 39.3 Å². The zero-order valence-corrected chi connectivity index (χ0v) is 12.9. The number of nitrogens with zero attached hydrogens (tertiary/aromatic N) is 1.